The van der Waals surface area contributed by atoms with E-state index in [0.717, 1.165) is 35.1 Å². The molecular weight excluding hydrogens is 436 g/mol. The quantitative estimate of drug-likeness (QED) is 0.652. The normalized spacial score (nSPS) is 21.5. The smallest absolute Gasteiger partial charge is 0.407 e. The Balaban J connectivity index is 1.27. The predicted molar refractivity (Wildman–Crippen MR) is 123 cm³/mol. The van der Waals surface area contributed by atoms with Gasteiger partial charge in [-0.15, -0.1) is 0 Å². The van der Waals surface area contributed by atoms with E-state index in [-0.39, 0.29) is 43.4 Å². The molecule has 8 nitrogen and oxygen atoms in total. The lowest BCUT2D eigenvalue weighted by Gasteiger charge is -2.37. The molecule has 178 valence electrons. The van der Waals surface area contributed by atoms with Gasteiger partial charge < -0.3 is 24.8 Å². The summed E-state index contributed by atoms with van der Waals surface area (Å²) >= 11 is 0. The van der Waals surface area contributed by atoms with Crippen LogP contribution in [0.5, 0.6) is 0 Å². The number of amides is 2. The highest BCUT2D eigenvalue weighted by Crippen LogP contribution is 2.44. The van der Waals surface area contributed by atoms with E-state index in [1.807, 2.05) is 36.4 Å². The van der Waals surface area contributed by atoms with Gasteiger partial charge >= 0.3 is 12.1 Å². The number of carboxylic acid groups (broad SMARTS) is 1. The van der Waals surface area contributed by atoms with E-state index in [2.05, 4.69) is 17.4 Å². The van der Waals surface area contributed by atoms with Crippen LogP contribution in [0.25, 0.3) is 11.1 Å². The largest absolute Gasteiger partial charge is 0.481 e. The van der Waals surface area contributed by atoms with Crippen molar-refractivity contribution >= 4 is 18.0 Å². The highest BCUT2D eigenvalue weighted by Gasteiger charge is 2.43. The summed E-state index contributed by atoms with van der Waals surface area (Å²) in [6.45, 7) is 1.07. The first-order valence-electron chi connectivity index (χ1n) is 11.8. The minimum absolute atomic E-state index is 0.00909. The molecule has 0 saturated carbocycles. The highest BCUT2D eigenvalue weighted by atomic mass is 16.5. The van der Waals surface area contributed by atoms with Crippen LogP contribution in [-0.4, -0.2) is 65.9 Å². The van der Waals surface area contributed by atoms with Gasteiger partial charge in [0.25, 0.3) is 0 Å². The van der Waals surface area contributed by atoms with Gasteiger partial charge in [-0.2, -0.15) is 0 Å². The van der Waals surface area contributed by atoms with Gasteiger partial charge in [-0.25, -0.2) is 4.79 Å². The molecular formula is C26H28N2O6. The molecule has 2 bridgehead atoms. The molecule has 3 unspecified atom stereocenters. The van der Waals surface area contributed by atoms with Crippen molar-refractivity contribution in [2.24, 2.45) is 0 Å². The molecule has 2 amide bonds. The number of morpholine rings is 1. The standard InChI is InChI=1S/C26H28N2O6/c29-24(30)12-11-23(25(31)28-16-9-10-17(28)14-33-13-16)27-26(32)34-15-22-20-7-3-1-5-18(20)19-6-2-4-8-21(19)22/h1-8,16-17,22-23H,9-15H2,(H,27,32)(H,29,30). The van der Waals surface area contributed by atoms with Gasteiger partial charge in [0.2, 0.25) is 5.91 Å². The number of alkyl carbamates (subject to hydrolysis) is 1. The van der Waals surface area contributed by atoms with Gasteiger partial charge in [-0.05, 0) is 41.5 Å². The number of nitrogens with one attached hydrogen (secondary N) is 1. The first kappa shape index (κ1) is 22.4. The number of benzene rings is 2. The molecule has 2 N–H and O–H groups in total. The van der Waals surface area contributed by atoms with E-state index in [4.69, 9.17) is 14.6 Å². The van der Waals surface area contributed by atoms with Gasteiger partial charge in [0.1, 0.15) is 12.6 Å². The number of carbonyl (C=O) groups is 3. The number of carbonyl (C=O) groups excluding carboxylic acids is 2. The molecule has 2 aromatic carbocycles. The molecule has 8 heteroatoms. The zero-order chi connectivity index (χ0) is 23.7. The van der Waals surface area contributed by atoms with E-state index in [1.54, 1.807) is 4.90 Å². The lowest BCUT2D eigenvalue weighted by molar-refractivity contribution is -0.144. The Kier molecular flexibility index (Phi) is 6.24. The number of ether oxygens (including phenoxy) is 2. The van der Waals surface area contributed by atoms with Crippen LogP contribution < -0.4 is 5.32 Å². The lowest BCUT2D eigenvalue weighted by Crippen LogP contribution is -2.56. The Hall–Kier alpha value is -3.39. The zero-order valence-corrected chi connectivity index (χ0v) is 18.8. The van der Waals surface area contributed by atoms with E-state index in [1.165, 1.54) is 0 Å². The van der Waals surface area contributed by atoms with Crippen LogP contribution in [0.3, 0.4) is 0 Å². The van der Waals surface area contributed by atoms with Crippen LogP contribution in [0.4, 0.5) is 4.79 Å². The van der Waals surface area contributed by atoms with Crippen molar-refractivity contribution < 1.29 is 29.0 Å². The third kappa shape index (κ3) is 4.25. The monoisotopic (exact) mass is 464 g/mol. The second-order valence-electron chi connectivity index (χ2n) is 9.12. The Morgan fingerprint density at radius 2 is 1.59 bits per heavy atom. The van der Waals surface area contributed by atoms with Gasteiger partial charge in [-0.1, -0.05) is 48.5 Å². The average molecular weight is 465 g/mol. The number of fused-ring (bicyclic) bond motifs is 5. The number of nitrogens with zero attached hydrogens (tertiary/aromatic N) is 1. The molecule has 3 atom stereocenters. The third-order valence-corrected chi connectivity index (χ3v) is 7.08. The van der Waals surface area contributed by atoms with Crippen LogP contribution in [0.1, 0.15) is 42.7 Å². The minimum atomic E-state index is -1.02. The van der Waals surface area contributed by atoms with Crippen molar-refractivity contribution in [1.29, 1.82) is 0 Å². The topological polar surface area (TPSA) is 105 Å². The minimum Gasteiger partial charge on any atom is -0.481 e. The number of carboxylic acids is 1. The summed E-state index contributed by atoms with van der Waals surface area (Å²) in [6.07, 6.45) is 0.778. The van der Waals surface area contributed by atoms with Crippen molar-refractivity contribution in [2.75, 3.05) is 19.8 Å². The van der Waals surface area contributed by atoms with Crippen LogP contribution in [0.2, 0.25) is 0 Å². The molecule has 1 aliphatic carbocycles. The van der Waals surface area contributed by atoms with E-state index >= 15 is 0 Å². The summed E-state index contributed by atoms with van der Waals surface area (Å²) < 4.78 is 11.1. The Bertz CT molecular complexity index is 1040. The Morgan fingerprint density at radius 1 is 1.00 bits per heavy atom. The van der Waals surface area contributed by atoms with Gasteiger partial charge in [0.05, 0.1) is 25.3 Å². The molecule has 0 radical (unpaired) electrons. The average Bonchev–Trinajstić information content (AvgIpc) is 3.29. The number of rotatable bonds is 7. The number of hydrogen-bond acceptors (Lipinski definition) is 5. The van der Waals surface area contributed by atoms with Crippen LogP contribution in [0.15, 0.2) is 48.5 Å². The van der Waals surface area contributed by atoms with E-state index in [0.29, 0.717) is 13.2 Å². The lowest BCUT2D eigenvalue weighted by atomic mass is 9.98. The van der Waals surface area contributed by atoms with Crippen molar-refractivity contribution in [3.63, 3.8) is 0 Å². The molecule has 2 heterocycles. The molecule has 0 aromatic heterocycles. The second-order valence-corrected chi connectivity index (χ2v) is 9.12. The SMILES string of the molecule is O=C(O)CCC(NC(=O)OCC1c2ccccc2-c2ccccc21)C(=O)N1C2CCC1COC2. The fourth-order valence-electron chi connectivity index (χ4n) is 5.48. The maximum Gasteiger partial charge on any atom is 0.407 e. The molecule has 2 aromatic rings. The first-order valence-corrected chi connectivity index (χ1v) is 11.8. The van der Waals surface area contributed by atoms with Crippen molar-refractivity contribution in [1.82, 2.24) is 10.2 Å². The summed E-state index contributed by atoms with van der Waals surface area (Å²) in [4.78, 5) is 39.0. The number of aliphatic carboxylic acids is 1. The molecule has 0 spiro atoms. The highest BCUT2D eigenvalue weighted by molar-refractivity contribution is 5.87. The molecule has 2 aliphatic heterocycles. The Labute approximate surface area is 197 Å². The second kappa shape index (κ2) is 9.46. The molecule has 3 aliphatic rings. The Morgan fingerprint density at radius 3 is 2.18 bits per heavy atom. The van der Waals surface area contributed by atoms with Gasteiger partial charge in [0, 0.05) is 12.3 Å². The maximum atomic E-state index is 13.3. The molecule has 2 fully saturated rings. The molecule has 5 rings (SSSR count). The summed E-state index contributed by atoms with van der Waals surface area (Å²) in [6, 6.07) is 15.1. The summed E-state index contributed by atoms with van der Waals surface area (Å²) in [5.74, 6) is -1.37. The van der Waals surface area contributed by atoms with E-state index < -0.39 is 18.1 Å². The van der Waals surface area contributed by atoms with Crippen LogP contribution in [-0.2, 0) is 19.1 Å². The molecule has 34 heavy (non-hydrogen) atoms. The summed E-state index contributed by atoms with van der Waals surface area (Å²) in [5, 5.41) is 11.8. The van der Waals surface area contributed by atoms with Gasteiger partial charge in [-0.3, -0.25) is 9.59 Å². The van der Waals surface area contributed by atoms with Crippen molar-refractivity contribution in [3.8, 4) is 11.1 Å². The fourth-order valence-corrected chi connectivity index (χ4v) is 5.48. The van der Waals surface area contributed by atoms with Crippen molar-refractivity contribution in [2.45, 2.75) is 49.7 Å². The van der Waals surface area contributed by atoms with Crippen LogP contribution >= 0.6 is 0 Å². The van der Waals surface area contributed by atoms with Crippen LogP contribution in [0, 0.1) is 0 Å². The van der Waals surface area contributed by atoms with Gasteiger partial charge in [0.15, 0.2) is 0 Å². The first-order chi connectivity index (χ1) is 16.5. The predicted octanol–water partition coefficient (Wildman–Crippen LogP) is 3.15. The summed E-state index contributed by atoms with van der Waals surface area (Å²) in [5.41, 5.74) is 4.45. The summed E-state index contributed by atoms with van der Waals surface area (Å²) in [7, 11) is 0. The van der Waals surface area contributed by atoms with Crippen molar-refractivity contribution in [3.05, 3.63) is 59.7 Å². The van der Waals surface area contributed by atoms with E-state index in [9.17, 15) is 14.4 Å². The fraction of sp³-hybridized carbons (Fsp3) is 0.423. The molecule has 2 saturated heterocycles. The maximum absolute atomic E-state index is 13.3. The number of hydrogen-bond donors (Lipinski definition) is 2. The third-order valence-electron chi connectivity index (χ3n) is 7.08. The zero-order valence-electron chi connectivity index (χ0n) is 18.8.